The number of aryl methyl sites for hydroxylation is 1. The van der Waals surface area contributed by atoms with Crippen molar-refractivity contribution >= 4 is 24.2 Å². The SMILES string of the molecule is Cc1cc(C(C)(C)C)c(Cl)c(C)c1S. The van der Waals surface area contributed by atoms with E-state index < -0.39 is 0 Å². The summed E-state index contributed by atoms with van der Waals surface area (Å²) in [6.07, 6.45) is 0. The summed E-state index contributed by atoms with van der Waals surface area (Å²) >= 11 is 10.7. The predicted molar refractivity (Wildman–Crippen MR) is 66.9 cm³/mol. The molecule has 1 aromatic rings. The molecule has 0 saturated carbocycles. The Morgan fingerprint density at radius 3 is 2.14 bits per heavy atom. The van der Waals surface area contributed by atoms with Crippen LogP contribution in [0.2, 0.25) is 5.02 Å². The van der Waals surface area contributed by atoms with E-state index >= 15 is 0 Å². The third-order valence-corrected chi connectivity index (χ3v) is 3.64. The van der Waals surface area contributed by atoms with Crippen molar-refractivity contribution in [3.8, 4) is 0 Å². The quantitative estimate of drug-likeness (QED) is 0.620. The summed E-state index contributed by atoms with van der Waals surface area (Å²) in [5, 5.41) is 0.855. The molecule has 0 amide bonds. The van der Waals surface area contributed by atoms with E-state index in [2.05, 4.69) is 46.4 Å². The van der Waals surface area contributed by atoms with Crippen molar-refractivity contribution in [2.45, 2.75) is 44.9 Å². The first-order chi connectivity index (χ1) is 6.25. The van der Waals surface area contributed by atoms with Gasteiger partial charge in [0.25, 0.3) is 0 Å². The maximum atomic E-state index is 6.31. The summed E-state index contributed by atoms with van der Waals surface area (Å²) in [5.41, 5.74) is 3.57. The molecule has 0 bridgehead atoms. The number of rotatable bonds is 0. The highest BCUT2D eigenvalue weighted by molar-refractivity contribution is 7.80. The van der Waals surface area contributed by atoms with Gasteiger partial charge in [0.1, 0.15) is 0 Å². The maximum Gasteiger partial charge on any atom is 0.0483 e. The van der Waals surface area contributed by atoms with E-state index in [-0.39, 0.29) is 5.41 Å². The molecule has 0 unspecified atom stereocenters. The lowest BCUT2D eigenvalue weighted by molar-refractivity contribution is 0.588. The largest absolute Gasteiger partial charge is 0.143 e. The standard InChI is InChI=1S/C12H17ClS/c1-7-6-9(12(3,4)5)10(13)8(2)11(7)14/h6,14H,1-5H3. The van der Waals surface area contributed by atoms with Crippen molar-refractivity contribution in [1.82, 2.24) is 0 Å². The van der Waals surface area contributed by atoms with Gasteiger partial charge >= 0.3 is 0 Å². The van der Waals surface area contributed by atoms with Gasteiger partial charge in [-0.3, -0.25) is 0 Å². The van der Waals surface area contributed by atoms with Crippen LogP contribution in [0.3, 0.4) is 0 Å². The van der Waals surface area contributed by atoms with Crippen LogP contribution in [0.5, 0.6) is 0 Å². The fourth-order valence-electron chi connectivity index (χ4n) is 1.50. The van der Waals surface area contributed by atoms with Crippen molar-refractivity contribution in [3.05, 3.63) is 27.8 Å². The zero-order valence-electron chi connectivity index (χ0n) is 9.40. The Morgan fingerprint density at radius 1 is 1.21 bits per heavy atom. The van der Waals surface area contributed by atoms with Crippen molar-refractivity contribution in [2.24, 2.45) is 0 Å². The Hall–Kier alpha value is -0.140. The smallest absolute Gasteiger partial charge is 0.0483 e. The molecular formula is C12H17ClS. The number of hydrogen-bond acceptors (Lipinski definition) is 1. The lowest BCUT2D eigenvalue weighted by atomic mass is 9.85. The Balaban J connectivity index is 3.49. The van der Waals surface area contributed by atoms with Crippen LogP contribution in [0.1, 0.15) is 37.5 Å². The van der Waals surface area contributed by atoms with Gasteiger partial charge in [-0.05, 0) is 36.0 Å². The Labute approximate surface area is 97.1 Å². The highest BCUT2D eigenvalue weighted by Crippen LogP contribution is 2.36. The summed E-state index contributed by atoms with van der Waals surface area (Å²) in [5.74, 6) is 0. The second-order valence-corrected chi connectivity index (χ2v) is 5.60. The first kappa shape index (κ1) is 11.9. The van der Waals surface area contributed by atoms with Crippen molar-refractivity contribution in [3.63, 3.8) is 0 Å². The number of benzene rings is 1. The lowest BCUT2D eigenvalue weighted by Gasteiger charge is -2.23. The van der Waals surface area contributed by atoms with E-state index in [4.69, 9.17) is 11.6 Å². The number of thiol groups is 1. The van der Waals surface area contributed by atoms with Crippen molar-refractivity contribution < 1.29 is 0 Å². The molecule has 0 fully saturated rings. The average Bonchev–Trinajstić information content (AvgIpc) is 2.06. The van der Waals surface area contributed by atoms with Gasteiger partial charge in [0.2, 0.25) is 0 Å². The number of hydrogen-bond donors (Lipinski definition) is 1. The van der Waals surface area contributed by atoms with E-state index in [1.165, 1.54) is 11.1 Å². The Kier molecular flexibility index (Phi) is 3.23. The van der Waals surface area contributed by atoms with Gasteiger partial charge < -0.3 is 0 Å². The zero-order chi connectivity index (χ0) is 11.1. The molecule has 0 radical (unpaired) electrons. The molecule has 0 aliphatic carbocycles. The molecule has 1 aromatic carbocycles. The molecule has 0 aliphatic heterocycles. The predicted octanol–water partition coefficient (Wildman–Crippen LogP) is 4.54. The summed E-state index contributed by atoms with van der Waals surface area (Å²) in [4.78, 5) is 1.00. The summed E-state index contributed by atoms with van der Waals surface area (Å²) in [6.45, 7) is 10.6. The molecule has 0 aromatic heterocycles. The highest BCUT2D eigenvalue weighted by Gasteiger charge is 2.20. The monoisotopic (exact) mass is 228 g/mol. The van der Waals surface area contributed by atoms with E-state index in [1.807, 2.05) is 6.92 Å². The van der Waals surface area contributed by atoms with Gasteiger partial charge in [-0.1, -0.05) is 38.4 Å². The molecule has 2 heteroatoms. The Bertz CT molecular complexity index is 362. The normalized spacial score (nSPS) is 11.9. The highest BCUT2D eigenvalue weighted by atomic mass is 35.5. The average molecular weight is 229 g/mol. The third kappa shape index (κ3) is 2.09. The van der Waals surface area contributed by atoms with E-state index in [9.17, 15) is 0 Å². The van der Waals surface area contributed by atoms with Gasteiger partial charge in [0, 0.05) is 9.92 Å². The molecule has 1 rings (SSSR count). The molecule has 0 atom stereocenters. The van der Waals surface area contributed by atoms with Crippen LogP contribution in [0.4, 0.5) is 0 Å². The molecule has 0 saturated heterocycles. The fraction of sp³-hybridized carbons (Fsp3) is 0.500. The van der Waals surface area contributed by atoms with Gasteiger partial charge in [0.15, 0.2) is 0 Å². The van der Waals surface area contributed by atoms with E-state index in [0.29, 0.717) is 0 Å². The second-order valence-electron chi connectivity index (χ2n) is 4.78. The lowest BCUT2D eigenvalue weighted by Crippen LogP contribution is -2.13. The van der Waals surface area contributed by atoms with Crippen LogP contribution in [0, 0.1) is 13.8 Å². The minimum absolute atomic E-state index is 0.0914. The molecule has 0 spiro atoms. The maximum absolute atomic E-state index is 6.31. The van der Waals surface area contributed by atoms with Crippen LogP contribution in [-0.2, 0) is 5.41 Å². The molecule has 0 aliphatic rings. The molecule has 14 heavy (non-hydrogen) atoms. The minimum Gasteiger partial charge on any atom is -0.143 e. The van der Waals surface area contributed by atoms with Crippen LogP contribution in [0.25, 0.3) is 0 Å². The van der Waals surface area contributed by atoms with E-state index in [1.54, 1.807) is 0 Å². The van der Waals surface area contributed by atoms with Crippen molar-refractivity contribution in [1.29, 1.82) is 0 Å². The molecule has 0 N–H and O–H groups in total. The molecular weight excluding hydrogens is 212 g/mol. The minimum atomic E-state index is 0.0914. The Morgan fingerprint density at radius 2 is 1.71 bits per heavy atom. The first-order valence-corrected chi connectivity index (χ1v) is 5.57. The molecule has 78 valence electrons. The van der Waals surface area contributed by atoms with Crippen LogP contribution in [-0.4, -0.2) is 0 Å². The third-order valence-electron chi connectivity index (χ3n) is 2.46. The van der Waals surface area contributed by atoms with E-state index in [0.717, 1.165) is 15.5 Å². The summed E-state index contributed by atoms with van der Waals surface area (Å²) in [6, 6.07) is 2.14. The zero-order valence-corrected chi connectivity index (χ0v) is 11.1. The topological polar surface area (TPSA) is 0 Å². The van der Waals surface area contributed by atoms with Crippen LogP contribution >= 0.6 is 24.2 Å². The first-order valence-electron chi connectivity index (χ1n) is 4.74. The van der Waals surface area contributed by atoms with Crippen LogP contribution in [0.15, 0.2) is 11.0 Å². The van der Waals surface area contributed by atoms with Crippen molar-refractivity contribution in [2.75, 3.05) is 0 Å². The summed E-state index contributed by atoms with van der Waals surface area (Å²) in [7, 11) is 0. The van der Waals surface area contributed by atoms with Gasteiger partial charge in [0.05, 0.1) is 0 Å². The summed E-state index contributed by atoms with van der Waals surface area (Å²) < 4.78 is 0. The second kappa shape index (κ2) is 3.79. The van der Waals surface area contributed by atoms with Gasteiger partial charge in [-0.25, -0.2) is 0 Å². The fourth-order valence-corrected chi connectivity index (χ4v) is 2.17. The van der Waals surface area contributed by atoms with Gasteiger partial charge in [-0.15, -0.1) is 12.6 Å². The van der Waals surface area contributed by atoms with Gasteiger partial charge in [-0.2, -0.15) is 0 Å². The number of halogens is 1. The molecule has 0 heterocycles. The molecule has 0 nitrogen and oxygen atoms in total. The van der Waals surface area contributed by atoms with Crippen LogP contribution < -0.4 is 0 Å².